The van der Waals surface area contributed by atoms with Crippen LogP contribution >= 0.6 is 27.3 Å². The van der Waals surface area contributed by atoms with Crippen molar-refractivity contribution >= 4 is 33.0 Å². The van der Waals surface area contributed by atoms with Gasteiger partial charge in [0, 0.05) is 15.4 Å². The molecule has 0 amide bonds. The molecule has 98 valence electrons. The second kappa shape index (κ2) is 6.23. The molecule has 1 aromatic carbocycles. The average Bonchev–Trinajstić information content (AvgIpc) is 2.89. The molecule has 0 aliphatic heterocycles. The summed E-state index contributed by atoms with van der Waals surface area (Å²) in [7, 11) is 0. The van der Waals surface area contributed by atoms with Gasteiger partial charge in [-0.05, 0) is 59.4 Å². The third kappa shape index (κ3) is 3.37. The van der Waals surface area contributed by atoms with Crippen LogP contribution in [0.3, 0.4) is 0 Å². The lowest BCUT2D eigenvalue weighted by atomic mass is 10.2. The SMILES string of the molecule is CC(C)N(Cc1cccs1)c1ccc(C#N)cc1Br. The van der Waals surface area contributed by atoms with Gasteiger partial charge in [0.25, 0.3) is 0 Å². The van der Waals surface area contributed by atoms with E-state index in [1.165, 1.54) is 4.88 Å². The van der Waals surface area contributed by atoms with E-state index in [0.717, 1.165) is 16.7 Å². The molecule has 0 bridgehead atoms. The van der Waals surface area contributed by atoms with E-state index in [-0.39, 0.29) is 0 Å². The van der Waals surface area contributed by atoms with Crippen molar-refractivity contribution in [2.24, 2.45) is 0 Å². The molecular formula is C15H15BrN2S. The molecule has 2 rings (SSSR count). The third-order valence-corrected chi connectivity index (χ3v) is 4.41. The molecule has 1 heterocycles. The second-order valence-electron chi connectivity index (χ2n) is 4.58. The number of nitriles is 1. The first-order chi connectivity index (χ1) is 9.11. The fraction of sp³-hybridized carbons (Fsp3) is 0.267. The van der Waals surface area contributed by atoms with Crippen LogP contribution in [0.25, 0.3) is 0 Å². The van der Waals surface area contributed by atoms with E-state index >= 15 is 0 Å². The lowest BCUT2D eigenvalue weighted by Crippen LogP contribution is -2.30. The zero-order valence-corrected chi connectivity index (χ0v) is 13.3. The zero-order chi connectivity index (χ0) is 13.8. The molecule has 2 nitrogen and oxygen atoms in total. The largest absolute Gasteiger partial charge is 0.363 e. The van der Waals surface area contributed by atoms with E-state index in [9.17, 15) is 0 Å². The molecule has 0 spiro atoms. The molecule has 19 heavy (non-hydrogen) atoms. The number of benzene rings is 1. The van der Waals surface area contributed by atoms with Crippen molar-refractivity contribution in [3.63, 3.8) is 0 Å². The molecule has 0 N–H and O–H groups in total. The summed E-state index contributed by atoms with van der Waals surface area (Å²) in [6.07, 6.45) is 0. The highest BCUT2D eigenvalue weighted by atomic mass is 79.9. The van der Waals surface area contributed by atoms with Crippen molar-refractivity contribution in [3.8, 4) is 6.07 Å². The Balaban J connectivity index is 2.32. The van der Waals surface area contributed by atoms with Gasteiger partial charge in [0.1, 0.15) is 0 Å². The van der Waals surface area contributed by atoms with Crippen molar-refractivity contribution in [1.82, 2.24) is 0 Å². The minimum atomic E-state index is 0.395. The van der Waals surface area contributed by atoms with Gasteiger partial charge in [0.05, 0.1) is 23.9 Å². The van der Waals surface area contributed by atoms with Crippen molar-refractivity contribution < 1.29 is 0 Å². The quantitative estimate of drug-likeness (QED) is 0.803. The Morgan fingerprint density at radius 3 is 2.68 bits per heavy atom. The Kier molecular flexibility index (Phi) is 4.62. The van der Waals surface area contributed by atoms with Crippen LogP contribution < -0.4 is 4.90 Å². The number of hydrogen-bond acceptors (Lipinski definition) is 3. The van der Waals surface area contributed by atoms with Crippen LogP contribution in [-0.2, 0) is 6.54 Å². The monoisotopic (exact) mass is 334 g/mol. The van der Waals surface area contributed by atoms with Crippen LogP contribution in [0.15, 0.2) is 40.2 Å². The summed E-state index contributed by atoms with van der Waals surface area (Å²) < 4.78 is 0.969. The summed E-state index contributed by atoms with van der Waals surface area (Å²) in [5, 5.41) is 11.0. The molecule has 0 atom stereocenters. The second-order valence-corrected chi connectivity index (χ2v) is 6.47. The van der Waals surface area contributed by atoms with Gasteiger partial charge in [-0.15, -0.1) is 11.3 Å². The van der Waals surface area contributed by atoms with Gasteiger partial charge in [-0.2, -0.15) is 5.26 Å². The standard InChI is InChI=1S/C15H15BrN2S/c1-11(2)18(10-13-4-3-7-19-13)15-6-5-12(9-17)8-14(15)16/h3-8,11H,10H2,1-2H3. The Bertz CT molecular complexity index is 585. The topological polar surface area (TPSA) is 27.0 Å². The Morgan fingerprint density at radius 1 is 1.37 bits per heavy atom. The van der Waals surface area contributed by atoms with Gasteiger partial charge in [0.2, 0.25) is 0 Å². The van der Waals surface area contributed by atoms with Crippen molar-refractivity contribution in [2.45, 2.75) is 26.4 Å². The molecule has 0 fully saturated rings. The number of hydrogen-bond donors (Lipinski definition) is 0. The maximum absolute atomic E-state index is 8.93. The van der Waals surface area contributed by atoms with E-state index in [2.05, 4.69) is 58.3 Å². The molecule has 0 aliphatic carbocycles. The fourth-order valence-electron chi connectivity index (χ4n) is 1.93. The lowest BCUT2D eigenvalue weighted by molar-refractivity contribution is 0.686. The molecule has 0 aliphatic rings. The van der Waals surface area contributed by atoms with Gasteiger partial charge in [-0.25, -0.2) is 0 Å². The Morgan fingerprint density at radius 2 is 2.16 bits per heavy atom. The molecule has 0 unspecified atom stereocenters. The zero-order valence-electron chi connectivity index (χ0n) is 10.9. The maximum atomic E-state index is 8.93. The predicted molar refractivity (Wildman–Crippen MR) is 84.5 cm³/mol. The van der Waals surface area contributed by atoms with Crippen LogP contribution in [0.1, 0.15) is 24.3 Å². The molecule has 0 radical (unpaired) electrons. The van der Waals surface area contributed by atoms with E-state index in [1.807, 2.05) is 18.2 Å². The van der Waals surface area contributed by atoms with Gasteiger partial charge in [0.15, 0.2) is 0 Å². The average molecular weight is 335 g/mol. The first-order valence-corrected chi connectivity index (χ1v) is 7.77. The highest BCUT2D eigenvalue weighted by Crippen LogP contribution is 2.30. The number of nitrogens with zero attached hydrogens (tertiary/aromatic N) is 2. The summed E-state index contributed by atoms with van der Waals surface area (Å²) in [6, 6.07) is 12.5. The minimum absolute atomic E-state index is 0.395. The molecule has 1 aromatic heterocycles. The van der Waals surface area contributed by atoms with E-state index < -0.39 is 0 Å². The highest BCUT2D eigenvalue weighted by molar-refractivity contribution is 9.10. The number of rotatable bonds is 4. The Labute approximate surface area is 126 Å². The third-order valence-electron chi connectivity index (χ3n) is 2.92. The number of thiophene rings is 1. The van der Waals surface area contributed by atoms with E-state index in [4.69, 9.17) is 5.26 Å². The Hall–Kier alpha value is -1.31. The first-order valence-electron chi connectivity index (χ1n) is 6.10. The smallest absolute Gasteiger partial charge is 0.0992 e. The summed E-state index contributed by atoms with van der Waals surface area (Å²) in [6.45, 7) is 5.25. The highest BCUT2D eigenvalue weighted by Gasteiger charge is 2.15. The van der Waals surface area contributed by atoms with E-state index in [0.29, 0.717) is 11.6 Å². The molecule has 0 saturated heterocycles. The summed E-state index contributed by atoms with van der Waals surface area (Å²) in [5.41, 5.74) is 1.80. The van der Waals surface area contributed by atoms with Gasteiger partial charge in [-0.1, -0.05) is 6.07 Å². The van der Waals surface area contributed by atoms with E-state index in [1.54, 1.807) is 11.3 Å². The van der Waals surface area contributed by atoms with Crippen LogP contribution in [0, 0.1) is 11.3 Å². The van der Waals surface area contributed by atoms with Gasteiger partial charge >= 0.3 is 0 Å². The minimum Gasteiger partial charge on any atom is -0.363 e. The van der Waals surface area contributed by atoms with Crippen LogP contribution in [0.5, 0.6) is 0 Å². The maximum Gasteiger partial charge on any atom is 0.0992 e. The lowest BCUT2D eigenvalue weighted by Gasteiger charge is -2.29. The van der Waals surface area contributed by atoms with Crippen LogP contribution in [0.4, 0.5) is 5.69 Å². The fourth-order valence-corrected chi connectivity index (χ4v) is 3.23. The molecular weight excluding hydrogens is 320 g/mol. The van der Waals surface area contributed by atoms with Crippen molar-refractivity contribution in [2.75, 3.05) is 4.90 Å². The van der Waals surface area contributed by atoms with Crippen LogP contribution in [-0.4, -0.2) is 6.04 Å². The normalized spacial score (nSPS) is 10.5. The summed E-state index contributed by atoms with van der Waals surface area (Å²) >= 11 is 5.34. The van der Waals surface area contributed by atoms with Crippen molar-refractivity contribution in [1.29, 1.82) is 5.26 Å². The molecule has 0 saturated carbocycles. The number of anilines is 1. The van der Waals surface area contributed by atoms with Crippen molar-refractivity contribution in [3.05, 3.63) is 50.6 Å². The van der Waals surface area contributed by atoms with Gasteiger partial charge < -0.3 is 4.90 Å². The summed E-state index contributed by atoms with van der Waals surface area (Å²) in [5.74, 6) is 0. The molecule has 4 heteroatoms. The number of halogens is 1. The summed E-state index contributed by atoms with van der Waals surface area (Å²) in [4.78, 5) is 3.67. The first kappa shape index (κ1) is 14.1. The predicted octanol–water partition coefficient (Wildman–Crippen LogP) is 4.80. The van der Waals surface area contributed by atoms with Gasteiger partial charge in [-0.3, -0.25) is 0 Å². The molecule has 2 aromatic rings. The van der Waals surface area contributed by atoms with Crippen LogP contribution in [0.2, 0.25) is 0 Å².